The van der Waals surface area contributed by atoms with Gasteiger partial charge in [0.05, 0.1) is 0 Å². The molecule has 1 N–H and O–H groups in total. The first kappa shape index (κ1) is 23.4. The van der Waals surface area contributed by atoms with Crippen LogP contribution in [0.3, 0.4) is 0 Å². The molecule has 0 bridgehead atoms. The maximum absolute atomic E-state index is 12.5. The number of carboxylic acid groups (broad SMARTS) is 1. The zero-order valence-electron chi connectivity index (χ0n) is 17.9. The molecule has 0 radical (unpaired) electrons. The fourth-order valence-corrected chi connectivity index (χ4v) is 3.39. The number of hydrogen-bond donors (Lipinski definition) is 1. The first-order chi connectivity index (χ1) is 14.5. The molecule has 6 nitrogen and oxygen atoms in total. The summed E-state index contributed by atoms with van der Waals surface area (Å²) in [5.41, 5.74) is 1.95. The molecule has 0 aromatic heterocycles. The molecule has 0 aliphatic heterocycles. The van der Waals surface area contributed by atoms with Crippen LogP contribution in [-0.4, -0.2) is 47.7 Å². The van der Waals surface area contributed by atoms with Crippen LogP contribution < -0.4 is 4.74 Å². The third kappa shape index (κ3) is 6.59. The van der Waals surface area contributed by atoms with Gasteiger partial charge in [-0.25, -0.2) is 4.79 Å². The van der Waals surface area contributed by atoms with Crippen LogP contribution in [0.15, 0.2) is 54.6 Å². The summed E-state index contributed by atoms with van der Waals surface area (Å²) in [5, 5.41) is 9.46. The van der Waals surface area contributed by atoms with E-state index in [-0.39, 0.29) is 18.4 Å². The van der Waals surface area contributed by atoms with Crippen molar-refractivity contribution in [1.82, 2.24) is 4.90 Å². The normalized spacial score (nSPS) is 12.8. The molecule has 2 aromatic carbocycles. The summed E-state index contributed by atoms with van der Waals surface area (Å²) in [5.74, 6) is -0.729. The molecule has 0 saturated carbocycles. The molecule has 2 atom stereocenters. The predicted octanol–water partition coefficient (Wildman–Crippen LogP) is 4.10. The Hall–Kier alpha value is -2.86. The zero-order chi connectivity index (χ0) is 21.9. The lowest BCUT2D eigenvalue weighted by atomic mass is 9.91. The van der Waals surface area contributed by atoms with E-state index in [0.29, 0.717) is 31.9 Å². The molecule has 1 amide bonds. The van der Waals surface area contributed by atoms with Crippen molar-refractivity contribution in [2.45, 2.75) is 45.8 Å². The summed E-state index contributed by atoms with van der Waals surface area (Å²) >= 11 is 0. The van der Waals surface area contributed by atoms with Crippen LogP contribution in [0, 0.1) is 0 Å². The topological polar surface area (TPSA) is 76.1 Å². The molecule has 30 heavy (non-hydrogen) atoms. The number of carboxylic acids is 1. The van der Waals surface area contributed by atoms with Gasteiger partial charge in [-0.15, -0.1) is 0 Å². The molecule has 2 aromatic rings. The Balaban J connectivity index is 1.97. The van der Waals surface area contributed by atoms with Crippen molar-refractivity contribution in [3.8, 4) is 5.75 Å². The fraction of sp³-hybridized carbons (Fsp3) is 0.417. The quantitative estimate of drug-likeness (QED) is 0.567. The molecular formula is C24H31NO5. The van der Waals surface area contributed by atoms with E-state index in [1.165, 1.54) is 0 Å². The Kier molecular flexibility index (Phi) is 9.35. The average Bonchev–Trinajstić information content (AvgIpc) is 2.77. The van der Waals surface area contributed by atoms with Gasteiger partial charge >= 0.3 is 5.97 Å². The summed E-state index contributed by atoms with van der Waals surface area (Å²) in [4.78, 5) is 25.8. The first-order valence-corrected chi connectivity index (χ1v) is 10.4. The number of benzene rings is 2. The van der Waals surface area contributed by atoms with Gasteiger partial charge in [-0.2, -0.15) is 0 Å². The molecule has 0 aliphatic carbocycles. The van der Waals surface area contributed by atoms with Crippen LogP contribution in [-0.2, 0) is 20.9 Å². The van der Waals surface area contributed by atoms with Crippen LogP contribution in [0.5, 0.6) is 5.75 Å². The highest BCUT2D eigenvalue weighted by atomic mass is 16.5. The number of carbonyl (C=O) groups excluding carboxylic acids is 1. The highest BCUT2D eigenvalue weighted by molar-refractivity contribution is 5.77. The van der Waals surface area contributed by atoms with Crippen molar-refractivity contribution in [3.05, 3.63) is 65.7 Å². The first-order valence-electron chi connectivity index (χ1n) is 10.4. The van der Waals surface area contributed by atoms with Crippen molar-refractivity contribution >= 4 is 11.9 Å². The van der Waals surface area contributed by atoms with E-state index in [2.05, 4.69) is 0 Å². The van der Waals surface area contributed by atoms with E-state index in [1.807, 2.05) is 56.3 Å². The van der Waals surface area contributed by atoms with E-state index in [4.69, 9.17) is 9.47 Å². The molecular weight excluding hydrogens is 382 g/mol. The van der Waals surface area contributed by atoms with Crippen LogP contribution in [0.4, 0.5) is 0 Å². The number of nitrogens with zero attached hydrogens (tertiary/aromatic N) is 1. The van der Waals surface area contributed by atoms with E-state index >= 15 is 0 Å². The minimum absolute atomic E-state index is 0.0477. The van der Waals surface area contributed by atoms with E-state index in [1.54, 1.807) is 24.0 Å². The second-order valence-corrected chi connectivity index (χ2v) is 6.98. The fourth-order valence-electron chi connectivity index (χ4n) is 3.39. The van der Waals surface area contributed by atoms with Crippen molar-refractivity contribution < 1.29 is 24.2 Å². The summed E-state index contributed by atoms with van der Waals surface area (Å²) in [6.45, 7) is 7.11. The SMILES string of the molecule is CCO[C@H](C(=O)O)C(CC)c1ccc(OCC(=O)N(CC)Cc2ccccc2)cc1. The van der Waals surface area contributed by atoms with Crippen LogP contribution in [0.2, 0.25) is 0 Å². The van der Waals surface area contributed by atoms with Gasteiger partial charge in [0.2, 0.25) is 0 Å². The predicted molar refractivity (Wildman–Crippen MR) is 116 cm³/mol. The number of amides is 1. The lowest BCUT2D eigenvalue weighted by Gasteiger charge is -2.23. The molecule has 2 rings (SSSR count). The summed E-state index contributed by atoms with van der Waals surface area (Å²) in [6, 6.07) is 17.1. The van der Waals surface area contributed by atoms with E-state index in [0.717, 1.165) is 11.1 Å². The maximum atomic E-state index is 12.5. The molecule has 1 unspecified atom stereocenters. The van der Waals surface area contributed by atoms with E-state index in [9.17, 15) is 14.7 Å². The molecule has 162 valence electrons. The Morgan fingerprint density at radius 1 is 1.00 bits per heavy atom. The van der Waals surface area contributed by atoms with Gasteiger partial charge in [-0.3, -0.25) is 4.79 Å². The van der Waals surface area contributed by atoms with Gasteiger partial charge in [0.1, 0.15) is 5.75 Å². The molecule has 0 spiro atoms. The Labute approximate surface area is 178 Å². The van der Waals surface area contributed by atoms with Crippen molar-refractivity contribution in [2.24, 2.45) is 0 Å². The molecule has 0 fully saturated rings. The zero-order valence-corrected chi connectivity index (χ0v) is 17.9. The molecule has 0 heterocycles. The Bertz CT molecular complexity index is 791. The highest BCUT2D eigenvalue weighted by Crippen LogP contribution is 2.27. The minimum atomic E-state index is -0.965. The van der Waals surface area contributed by atoms with Gasteiger partial charge in [0.15, 0.2) is 12.7 Å². The minimum Gasteiger partial charge on any atom is -0.484 e. The number of carbonyl (C=O) groups is 2. The van der Waals surface area contributed by atoms with Gasteiger partial charge in [-0.1, -0.05) is 49.4 Å². The van der Waals surface area contributed by atoms with Gasteiger partial charge in [0.25, 0.3) is 5.91 Å². The lowest BCUT2D eigenvalue weighted by Crippen LogP contribution is -2.34. The molecule has 0 saturated heterocycles. The van der Waals surface area contributed by atoms with Crippen molar-refractivity contribution in [1.29, 1.82) is 0 Å². The molecule has 6 heteroatoms. The van der Waals surface area contributed by atoms with Gasteiger partial charge < -0.3 is 19.5 Å². The number of rotatable bonds is 12. The van der Waals surface area contributed by atoms with Crippen molar-refractivity contribution in [3.63, 3.8) is 0 Å². The van der Waals surface area contributed by atoms with Crippen LogP contribution in [0.1, 0.15) is 44.2 Å². The van der Waals surface area contributed by atoms with E-state index < -0.39 is 12.1 Å². The maximum Gasteiger partial charge on any atom is 0.333 e. The third-order valence-corrected chi connectivity index (χ3v) is 5.02. The van der Waals surface area contributed by atoms with Crippen LogP contribution in [0.25, 0.3) is 0 Å². The van der Waals surface area contributed by atoms with Crippen LogP contribution >= 0.6 is 0 Å². The third-order valence-electron chi connectivity index (χ3n) is 5.02. The largest absolute Gasteiger partial charge is 0.484 e. The smallest absolute Gasteiger partial charge is 0.333 e. The number of ether oxygens (including phenoxy) is 2. The monoisotopic (exact) mass is 413 g/mol. The summed E-state index contributed by atoms with van der Waals surface area (Å²) in [6.07, 6.45) is -0.245. The summed E-state index contributed by atoms with van der Waals surface area (Å²) < 4.78 is 11.1. The highest BCUT2D eigenvalue weighted by Gasteiger charge is 2.28. The second-order valence-electron chi connectivity index (χ2n) is 6.98. The van der Waals surface area contributed by atoms with Crippen molar-refractivity contribution in [2.75, 3.05) is 19.8 Å². The van der Waals surface area contributed by atoms with Gasteiger partial charge in [0, 0.05) is 25.6 Å². The average molecular weight is 414 g/mol. The second kappa shape index (κ2) is 12.0. The Morgan fingerprint density at radius 2 is 1.67 bits per heavy atom. The molecule has 0 aliphatic rings. The number of likely N-dealkylation sites (N-methyl/N-ethyl adjacent to an activating group) is 1. The number of hydrogen-bond acceptors (Lipinski definition) is 4. The lowest BCUT2D eigenvalue weighted by molar-refractivity contribution is -0.151. The Morgan fingerprint density at radius 3 is 2.20 bits per heavy atom. The standard InChI is InChI=1S/C24H31NO5/c1-4-21(23(24(27)28)29-6-3)19-12-14-20(15-13-19)30-17-22(26)25(5-2)16-18-10-8-7-9-11-18/h7-15,21,23H,4-6,16-17H2,1-3H3,(H,27,28)/t21?,23-/m0/s1. The van der Waals surface area contributed by atoms with Gasteiger partial charge in [-0.05, 0) is 43.5 Å². The number of aliphatic carboxylic acids is 1. The summed E-state index contributed by atoms with van der Waals surface area (Å²) in [7, 11) is 0.